The Balaban J connectivity index is 1.54. The summed E-state index contributed by atoms with van der Waals surface area (Å²) in [5, 5.41) is 3.07. The van der Waals surface area contributed by atoms with Crippen molar-refractivity contribution in [3.8, 4) is 5.75 Å². The maximum atomic E-state index is 13.9. The highest BCUT2D eigenvalue weighted by molar-refractivity contribution is 7.92. The molecule has 1 fully saturated rings. The Morgan fingerprint density at radius 1 is 0.952 bits per heavy atom. The summed E-state index contributed by atoms with van der Waals surface area (Å²) in [7, 11) is -3.87. The number of nitrogens with zero attached hydrogens (tertiary/aromatic N) is 2. The summed E-state index contributed by atoms with van der Waals surface area (Å²) in [6.07, 6.45) is 5.23. The lowest BCUT2D eigenvalue weighted by molar-refractivity contribution is -0.140. The fourth-order valence-electron chi connectivity index (χ4n) is 5.14. The number of benzene rings is 3. The van der Waals surface area contributed by atoms with Crippen LogP contribution in [-0.2, 0) is 32.8 Å². The van der Waals surface area contributed by atoms with Crippen molar-refractivity contribution in [3.05, 3.63) is 95.8 Å². The molecule has 8 nitrogen and oxygen atoms in total. The molecule has 0 unspecified atom stereocenters. The molecule has 0 aliphatic heterocycles. The molecule has 0 saturated heterocycles. The molecule has 0 spiro atoms. The zero-order chi connectivity index (χ0) is 30.1. The number of amides is 2. The second-order valence-corrected chi connectivity index (χ2v) is 12.5. The fourth-order valence-corrected chi connectivity index (χ4v) is 5.99. The standard InChI is InChI=1S/C32H38FN3O5S/c1-3-30(32(38)34-27-11-7-8-12-27)35(21-24-13-15-26(33)16-14-24)31(37)22-36(42(2,39)40)28-17-19-29(20-18-28)41-23-25-9-5-4-6-10-25/h4-6,9-10,13-20,27,30H,3,7-8,11-12,21-23H2,1-2H3,(H,34,38)/t30-/m1/s1. The SMILES string of the molecule is CC[C@H](C(=O)NC1CCCC1)N(Cc1ccc(F)cc1)C(=O)CN(c1ccc(OCc2ccccc2)cc1)S(C)(=O)=O. The van der Waals surface area contributed by atoms with Crippen molar-refractivity contribution in [1.29, 1.82) is 0 Å². The number of carbonyl (C=O) groups excluding carboxylic acids is 2. The van der Waals surface area contributed by atoms with Crippen LogP contribution in [0.2, 0.25) is 0 Å². The van der Waals surface area contributed by atoms with Gasteiger partial charge in [-0.05, 0) is 66.8 Å². The third-order valence-corrected chi connectivity index (χ3v) is 8.55. The van der Waals surface area contributed by atoms with Crippen molar-refractivity contribution >= 4 is 27.5 Å². The van der Waals surface area contributed by atoms with Crippen LogP contribution in [0.1, 0.15) is 50.2 Å². The predicted octanol–water partition coefficient (Wildman–Crippen LogP) is 5.04. The van der Waals surface area contributed by atoms with E-state index in [0.717, 1.165) is 41.8 Å². The van der Waals surface area contributed by atoms with Crippen LogP contribution in [0.5, 0.6) is 5.75 Å². The minimum absolute atomic E-state index is 0.0274. The molecule has 10 heteroatoms. The van der Waals surface area contributed by atoms with Crippen LogP contribution >= 0.6 is 0 Å². The lowest BCUT2D eigenvalue weighted by Crippen LogP contribution is -2.53. The summed E-state index contributed by atoms with van der Waals surface area (Å²) in [5.74, 6) is -0.676. The first-order valence-corrected chi connectivity index (χ1v) is 16.1. The molecular formula is C32H38FN3O5S. The molecule has 224 valence electrons. The highest BCUT2D eigenvalue weighted by Crippen LogP contribution is 2.24. The van der Waals surface area contributed by atoms with Gasteiger partial charge in [0.2, 0.25) is 21.8 Å². The van der Waals surface area contributed by atoms with Gasteiger partial charge in [-0.25, -0.2) is 12.8 Å². The van der Waals surface area contributed by atoms with Crippen LogP contribution in [-0.4, -0.2) is 50.0 Å². The zero-order valence-electron chi connectivity index (χ0n) is 24.0. The van der Waals surface area contributed by atoms with Crippen LogP contribution < -0.4 is 14.4 Å². The van der Waals surface area contributed by atoms with Gasteiger partial charge in [-0.2, -0.15) is 0 Å². The Hall–Kier alpha value is -3.92. The second kappa shape index (κ2) is 14.3. The van der Waals surface area contributed by atoms with Crippen LogP contribution in [0.3, 0.4) is 0 Å². The van der Waals surface area contributed by atoms with E-state index < -0.39 is 34.3 Å². The van der Waals surface area contributed by atoms with Gasteiger partial charge in [-0.1, -0.05) is 62.2 Å². The van der Waals surface area contributed by atoms with Gasteiger partial charge in [0.05, 0.1) is 11.9 Å². The summed E-state index contributed by atoms with van der Waals surface area (Å²) < 4.78 is 46.2. The monoisotopic (exact) mass is 595 g/mol. The van der Waals surface area contributed by atoms with Crippen LogP contribution in [0.25, 0.3) is 0 Å². The minimum Gasteiger partial charge on any atom is -0.489 e. The molecule has 1 N–H and O–H groups in total. The molecule has 0 aromatic heterocycles. The lowest BCUT2D eigenvalue weighted by Gasteiger charge is -2.33. The van der Waals surface area contributed by atoms with Gasteiger partial charge in [0.15, 0.2) is 0 Å². The minimum atomic E-state index is -3.87. The molecule has 42 heavy (non-hydrogen) atoms. The predicted molar refractivity (Wildman–Crippen MR) is 161 cm³/mol. The molecule has 0 bridgehead atoms. The largest absolute Gasteiger partial charge is 0.489 e. The number of ether oxygens (including phenoxy) is 1. The highest BCUT2D eigenvalue weighted by Gasteiger charge is 2.33. The molecule has 3 aromatic carbocycles. The number of rotatable bonds is 13. The molecule has 1 atom stereocenters. The molecule has 1 aliphatic carbocycles. The number of nitrogens with one attached hydrogen (secondary N) is 1. The number of halogens is 1. The summed E-state index contributed by atoms with van der Waals surface area (Å²) in [5.41, 5.74) is 1.92. The van der Waals surface area contributed by atoms with Crippen molar-refractivity contribution in [2.45, 2.75) is 64.3 Å². The Kier molecular flexibility index (Phi) is 10.6. The van der Waals surface area contributed by atoms with Crippen molar-refractivity contribution in [3.63, 3.8) is 0 Å². The van der Waals surface area contributed by atoms with E-state index >= 15 is 0 Å². The maximum absolute atomic E-state index is 13.9. The van der Waals surface area contributed by atoms with Crippen molar-refractivity contribution < 1.29 is 27.1 Å². The summed E-state index contributed by atoms with van der Waals surface area (Å²) in [6, 6.07) is 21.1. The number of hydrogen-bond donors (Lipinski definition) is 1. The van der Waals surface area contributed by atoms with E-state index in [4.69, 9.17) is 4.74 Å². The Morgan fingerprint density at radius 2 is 1.60 bits per heavy atom. The quantitative estimate of drug-likeness (QED) is 0.299. The van der Waals surface area contributed by atoms with Gasteiger partial charge < -0.3 is 15.0 Å². The van der Waals surface area contributed by atoms with Gasteiger partial charge in [-0.3, -0.25) is 13.9 Å². The first-order chi connectivity index (χ1) is 20.1. The van der Waals surface area contributed by atoms with E-state index in [1.807, 2.05) is 37.3 Å². The van der Waals surface area contributed by atoms with Gasteiger partial charge in [0.25, 0.3) is 0 Å². The first kappa shape index (κ1) is 31.0. The average Bonchev–Trinajstić information content (AvgIpc) is 3.49. The molecule has 1 aliphatic rings. The Bertz CT molecular complexity index is 1430. The Labute approximate surface area is 247 Å². The number of sulfonamides is 1. The number of anilines is 1. The molecule has 0 radical (unpaired) electrons. The zero-order valence-corrected chi connectivity index (χ0v) is 24.9. The number of carbonyl (C=O) groups is 2. The van der Waals surface area contributed by atoms with Crippen molar-refractivity contribution in [1.82, 2.24) is 10.2 Å². The van der Waals surface area contributed by atoms with Crippen LogP contribution in [0.15, 0.2) is 78.9 Å². The lowest BCUT2D eigenvalue weighted by atomic mass is 10.1. The van der Waals surface area contributed by atoms with Gasteiger partial charge in [0.1, 0.15) is 30.8 Å². The normalized spacial score (nSPS) is 14.3. The molecule has 0 heterocycles. The summed E-state index contributed by atoms with van der Waals surface area (Å²) >= 11 is 0. The van der Waals surface area contributed by atoms with Gasteiger partial charge >= 0.3 is 0 Å². The third-order valence-electron chi connectivity index (χ3n) is 7.41. The maximum Gasteiger partial charge on any atom is 0.244 e. The average molecular weight is 596 g/mol. The first-order valence-electron chi connectivity index (χ1n) is 14.2. The number of hydrogen-bond acceptors (Lipinski definition) is 5. The molecular weight excluding hydrogens is 557 g/mol. The van der Waals surface area contributed by atoms with Crippen molar-refractivity contribution in [2.75, 3.05) is 17.1 Å². The summed E-state index contributed by atoms with van der Waals surface area (Å²) in [4.78, 5) is 28.6. The van der Waals surface area contributed by atoms with E-state index in [9.17, 15) is 22.4 Å². The highest BCUT2D eigenvalue weighted by atomic mass is 32.2. The second-order valence-electron chi connectivity index (χ2n) is 10.6. The van der Waals surface area contributed by atoms with E-state index in [2.05, 4.69) is 5.32 Å². The summed E-state index contributed by atoms with van der Waals surface area (Å²) in [6.45, 7) is 1.69. The van der Waals surface area contributed by atoms with E-state index in [1.54, 1.807) is 36.4 Å². The fraction of sp³-hybridized carbons (Fsp3) is 0.375. The van der Waals surface area contributed by atoms with Crippen LogP contribution in [0.4, 0.5) is 10.1 Å². The molecule has 3 aromatic rings. The van der Waals surface area contributed by atoms with Gasteiger partial charge in [-0.15, -0.1) is 0 Å². The molecule has 4 rings (SSSR count). The van der Waals surface area contributed by atoms with E-state index in [0.29, 0.717) is 30.0 Å². The molecule has 2 amide bonds. The third kappa shape index (κ3) is 8.55. The molecule has 1 saturated carbocycles. The van der Waals surface area contributed by atoms with Crippen molar-refractivity contribution in [2.24, 2.45) is 0 Å². The topological polar surface area (TPSA) is 96.0 Å². The Morgan fingerprint density at radius 3 is 2.19 bits per heavy atom. The van der Waals surface area contributed by atoms with Gasteiger partial charge in [0, 0.05) is 12.6 Å². The van der Waals surface area contributed by atoms with Crippen LogP contribution in [0, 0.1) is 5.82 Å². The smallest absolute Gasteiger partial charge is 0.244 e. The van der Waals surface area contributed by atoms with E-state index in [-0.39, 0.29) is 18.5 Å². The van der Waals surface area contributed by atoms with E-state index in [1.165, 1.54) is 17.0 Å².